The molecular formula is C11H17FN2. The molecule has 1 aromatic heterocycles. The highest BCUT2D eigenvalue weighted by Gasteiger charge is 2.30. The van der Waals surface area contributed by atoms with Crippen molar-refractivity contribution in [1.82, 2.24) is 9.88 Å². The Labute approximate surface area is 84.1 Å². The first kappa shape index (κ1) is 9.71. The van der Waals surface area contributed by atoms with Crippen LogP contribution in [0.2, 0.25) is 0 Å². The van der Waals surface area contributed by atoms with Crippen LogP contribution in [0.3, 0.4) is 0 Å². The van der Waals surface area contributed by atoms with Crippen LogP contribution < -0.4 is 5.32 Å². The topological polar surface area (TPSA) is 17.0 Å². The first-order chi connectivity index (χ1) is 6.79. The maximum atomic E-state index is 14.3. The first-order valence-electron chi connectivity index (χ1n) is 5.29. The lowest BCUT2D eigenvalue weighted by atomic mass is 9.97. The van der Waals surface area contributed by atoms with Crippen LogP contribution in [-0.4, -0.2) is 23.3 Å². The van der Waals surface area contributed by atoms with E-state index in [4.69, 9.17) is 0 Å². The second-order valence-corrected chi connectivity index (χ2v) is 4.11. The van der Waals surface area contributed by atoms with Gasteiger partial charge in [-0.3, -0.25) is 0 Å². The molecule has 1 aliphatic heterocycles. The Morgan fingerprint density at radius 1 is 1.21 bits per heavy atom. The lowest BCUT2D eigenvalue weighted by Gasteiger charge is -2.23. The summed E-state index contributed by atoms with van der Waals surface area (Å²) >= 11 is 0. The standard InChI is InChI=1S/C11H17FN2/c12-11(4-3-6-13-7-5-11)10-14-8-1-2-9-14/h1-2,8-9,13H,3-7,10H2. The Bertz CT molecular complexity index is 261. The Morgan fingerprint density at radius 2 is 2.00 bits per heavy atom. The summed E-state index contributed by atoms with van der Waals surface area (Å²) in [5.74, 6) is 0. The quantitative estimate of drug-likeness (QED) is 0.765. The van der Waals surface area contributed by atoms with Crippen LogP contribution in [0, 0.1) is 0 Å². The molecule has 1 N–H and O–H groups in total. The molecule has 0 bridgehead atoms. The zero-order valence-corrected chi connectivity index (χ0v) is 8.38. The third kappa shape index (κ3) is 2.35. The lowest BCUT2D eigenvalue weighted by Crippen LogP contribution is -2.29. The van der Waals surface area contributed by atoms with Crippen molar-refractivity contribution in [2.45, 2.75) is 31.5 Å². The number of hydrogen-bond donors (Lipinski definition) is 1. The molecule has 0 saturated carbocycles. The Morgan fingerprint density at radius 3 is 2.79 bits per heavy atom. The Kier molecular flexibility index (Phi) is 2.87. The molecule has 1 fully saturated rings. The van der Waals surface area contributed by atoms with E-state index in [0.29, 0.717) is 19.4 Å². The SMILES string of the molecule is FC1(Cn2cccc2)CCCNCC1. The van der Waals surface area contributed by atoms with Crippen LogP contribution in [0.25, 0.3) is 0 Å². The van der Waals surface area contributed by atoms with Crippen molar-refractivity contribution in [3.8, 4) is 0 Å². The Hall–Kier alpha value is -0.830. The van der Waals surface area contributed by atoms with Crippen LogP contribution in [0.4, 0.5) is 4.39 Å². The van der Waals surface area contributed by atoms with Gasteiger partial charge in [-0.25, -0.2) is 4.39 Å². The summed E-state index contributed by atoms with van der Waals surface area (Å²) in [4.78, 5) is 0. The third-order valence-corrected chi connectivity index (χ3v) is 2.86. The average Bonchev–Trinajstić information content (AvgIpc) is 2.55. The smallest absolute Gasteiger partial charge is 0.130 e. The number of aromatic nitrogens is 1. The summed E-state index contributed by atoms with van der Waals surface area (Å²) in [5.41, 5.74) is -1.01. The number of rotatable bonds is 2. The average molecular weight is 196 g/mol. The molecule has 78 valence electrons. The van der Waals surface area contributed by atoms with E-state index >= 15 is 0 Å². The van der Waals surface area contributed by atoms with E-state index in [1.54, 1.807) is 0 Å². The van der Waals surface area contributed by atoms with Crippen molar-refractivity contribution in [2.24, 2.45) is 0 Å². The molecule has 0 amide bonds. The number of alkyl halides is 1. The minimum absolute atomic E-state index is 0.502. The van der Waals surface area contributed by atoms with Crippen molar-refractivity contribution in [2.75, 3.05) is 13.1 Å². The van der Waals surface area contributed by atoms with Gasteiger partial charge in [0.2, 0.25) is 0 Å². The number of hydrogen-bond acceptors (Lipinski definition) is 1. The molecule has 0 aromatic carbocycles. The molecule has 2 rings (SSSR count). The monoisotopic (exact) mass is 196 g/mol. The molecule has 1 saturated heterocycles. The molecule has 2 heterocycles. The second-order valence-electron chi connectivity index (χ2n) is 4.11. The van der Waals surface area contributed by atoms with Gasteiger partial charge in [0.1, 0.15) is 5.67 Å². The van der Waals surface area contributed by atoms with E-state index in [1.165, 1.54) is 0 Å². The zero-order valence-electron chi connectivity index (χ0n) is 8.38. The maximum absolute atomic E-state index is 14.3. The molecule has 1 unspecified atom stereocenters. The van der Waals surface area contributed by atoms with E-state index in [-0.39, 0.29) is 0 Å². The van der Waals surface area contributed by atoms with Gasteiger partial charge in [0.15, 0.2) is 0 Å². The third-order valence-electron chi connectivity index (χ3n) is 2.86. The van der Waals surface area contributed by atoms with E-state index in [9.17, 15) is 4.39 Å². The van der Waals surface area contributed by atoms with Crippen LogP contribution in [0.15, 0.2) is 24.5 Å². The predicted molar refractivity (Wildman–Crippen MR) is 55.0 cm³/mol. The van der Waals surface area contributed by atoms with Crippen LogP contribution in [0.1, 0.15) is 19.3 Å². The molecule has 2 nitrogen and oxygen atoms in total. The number of nitrogens with zero attached hydrogens (tertiary/aromatic N) is 1. The summed E-state index contributed by atoms with van der Waals surface area (Å²) in [5, 5.41) is 3.23. The normalized spacial score (nSPS) is 28.6. The van der Waals surface area contributed by atoms with E-state index in [0.717, 1.165) is 19.5 Å². The molecular weight excluding hydrogens is 179 g/mol. The maximum Gasteiger partial charge on any atom is 0.130 e. The number of nitrogens with one attached hydrogen (secondary N) is 1. The first-order valence-corrected chi connectivity index (χ1v) is 5.29. The van der Waals surface area contributed by atoms with Gasteiger partial charge in [0.25, 0.3) is 0 Å². The fraction of sp³-hybridized carbons (Fsp3) is 0.636. The molecule has 3 heteroatoms. The summed E-state index contributed by atoms with van der Waals surface area (Å²) in [7, 11) is 0. The largest absolute Gasteiger partial charge is 0.351 e. The van der Waals surface area contributed by atoms with Gasteiger partial charge < -0.3 is 9.88 Å². The molecule has 1 aromatic rings. The molecule has 1 atom stereocenters. The molecule has 0 aliphatic carbocycles. The van der Waals surface area contributed by atoms with E-state index < -0.39 is 5.67 Å². The van der Waals surface area contributed by atoms with Gasteiger partial charge in [0.05, 0.1) is 6.54 Å². The Balaban J connectivity index is 1.99. The minimum Gasteiger partial charge on any atom is -0.351 e. The lowest BCUT2D eigenvalue weighted by molar-refractivity contribution is 0.119. The van der Waals surface area contributed by atoms with Crippen molar-refractivity contribution in [3.63, 3.8) is 0 Å². The highest BCUT2D eigenvalue weighted by atomic mass is 19.1. The summed E-state index contributed by atoms with van der Waals surface area (Å²) in [6.45, 7) is 2.26. The minimum atomic E-state index is -1.01. The zero-order chi connectivity index (χ0) is 9.86. The molecule has 0 spiro atoms. The molecule has 1 aliphatic rings. The molecule has 14 heavy (non-hydrogen) atoms. The van der Waals surface area contributed by atoms with Gasteiger partial charge in [-0.15, -0.1) is 0 Å². The van der Waals surface area contributed by atoms with Crippen molar-refractivity contribution < 1.29 is 4.39 Å². The van der Waals surface area contributed by atoms with Crippen LogP contribution in [-0.2, 0) is 6.54 Å². The highest BCUT2D eigenvalue weighted by molar-refractivity contribution is 4.93. The molecule has 0 radical (unpaired) electrons. The van der Waals surface area contributed by atoms with Gasteiger partial charge in [-0.2, -0.15) is 0 Å². The van der Waals surface area contributed by atoms with E-state index in [2.05, 4.69) is 5.32 Å². The fourth-order valence-electron chi connectivity index (χ4n) is 2.05. The van der Waals surface area contributed by atoms with Gasteiger partial charge in [0, 0.05) is 12.4 Å². The summed E-state index contributed by atoms with van der Waals surface area (Å²) in [6, 6.07) is 3.89. The summed E-state index contributed by atoms with van der Waals surface area (Å²) < 4.78 is 16.3. The van der Waals surface area contributed by atoms with Crippen molar-refractivity contribution in [3.05, 3.63) is 24.5 Å². The van der Waals surface area contributed by atoms with Crippen LogP contribution >= 0.6 is 0 Å². The summed E-state index contributed by atoms with van der Waals surface area (Å²) in [6.07, 6.45) is 6.11. The van der Waals surface area contributed by atoms with Crippen molar-refractivity contribution in [1.29, 1.82) is 0 Å². The van der Waals surface area contributed by atoms with Gasteiger partial charge in [-0.1, -0.05) is 0 Å². The van der Waals surface area contributed by atoms with Gasteiger partial charge in [-0.05, 0) is 44.5 Å². The van der Waals surface area contributed by atoms with E-state index in [1.807, 2.05) is 29.1 Å². The van der Waals surface area contributed by atoms with Crippen LogP contribution in [0.5, 0.6) is 0 Å². The second kappa shape index (κ2) is 4.13. The fourth-order valence-corrected chi connectivity index (χ4v) is 2.05. The van der Waals surface area contributed by atoms with Gasteiger partial charge >= 0.3 is 0 Å². The highest BCUT2D eigenvalue weighted by Crippen LogP contribution is 2.26. The number of halogens is 1. The van der Waals surface area contributed by atoms with Crippen molar-refractivity contribution >= 4 is 0 Å². The predicted octanol–water partition coefficient (Wildman–Crippen LogP) is 1.97.